The molecule has 0 spiro atoms. The second-order valence-corrected chi connectivity index (χ2v) is 4.68. The molecule has 102 valence electrons. The van der Waals surface area contributed by atoms with Gasteiger partial charge in [0, 0.05) is 24.8 Å². The molecule has 2 rings (SSSR count). The van der Waals surface area contributed by atoms with Crippen molar-refractivity contribution < 1.29 is 4.79 Å². The Bertz CT molecular complexity index is 393. The SMILES string of the molecule is CCCn1nccc1C(=O)N[C@@H]1CC[C@@H](N)C1.Cl. The molecule has 0 bridgehead atoms. The van der Waals surface area contributed by atoms with Crippen molar-refractivity contribution in [3.05, 3.63) is 18.0 Å². The zero-order chi connectivity index (χ0) is 12.3. The smallest absolute Gasteiger partial charge is 0.269 e. The summed E-state index contributed by atoms with van der Waals surface area (Å²) in [4.78, 5) is 12.1. The lowest BCUT2D eigenvalue weighted by atomic mass is 10.2. The van der Waals surface area contributed by atoms with E-state index in [1.807, 2.05) is 0 Å². The number of aryl methyl sites for hydroxylation is 1. The number of hydrogen-bond acceptors (Lipinski definition) is 3. The van der Waals surface area contributed by atoms with Crippen LogP contribution in [0.4, 0.5) is 0 Å². The molecule has 18 heavy (non-hydrogen) atoms. The molecule has 3 N–H and O–H groups in total. The Morgan fingerprint density at radius 2 is 2.39 bits per heavy atom. The number of nitrogens with two attached hydrogens (primary N) is 1. The van der Waals surface area contributed by atoms with E-state index >= 15 is 0 Å². The van der Waals surface area contributed by atoms with Crippen molar-refractivity contribution in [1.82, 2.24) is 15.1 Å². The highest BCUT2D eigenvalue weighted by Crippen LogP contribution is 2.17. The van der Waals surface area contributed by atoms with E-state index in [1.165, 1.54) is 0 Å². The molecule has 1 heterocycles. The van der Waals surface area contributed by atoms with E-state index < -0.39 is 0 Å². The first kappa shape index (κ1) is 15.0. The first-order chi connectivity index (χ1) is 8.20. The molecule has 0 unspecified atom stereocenters. The van der Waals surface area contributed by atoms with Gasteiger partial charge < -0.3 is 11.1 Å². The quantitative estimate of drug-likeness (QED) is 0.868. The van der Waals surface area contributed by atoms with Gasteiger partial charge in [-0.15, -0.1) is 12.4 Å². The Balaban J connectivity index is 0.00000162. The van der Waals surface area contributed by atoms with Gasteiger partial charge in [-0.3, -0.25) is 9.48 Å². The van der Waals surface area contributed by atoms with Crippen LogP contribution in [0, 0.1) is 0 Å². The van der Waals surface area contributed by atoms with E-state index in [9.17, 15) is 4.79 Å². The fraction of sp³-hybridized carbons (Fsp3) is 0.667. The number of hydrogen-bond donors (Lipinski definition) is 2. The van der Waals surface area contributed by atoms with Gasteiger partial charge in [0.2, 0.25) is 0 Å². The molecule has 0 saturated heterocycles. The van der Waals surface area contributed by atoms with Gasteiger partial charge in [0.25, 0.3) is 5.91 Å². The van der Waals surface area contributed by atoms with Crippen molar-refractivity contribution in [3.63, 3.8) is 0 Å². The van der Waals surface area contributed by atoms with Gasteiger partial charge in [-0.25, -0.2) is 0 Å². The number of amides is 1. The summed E-state index contributed by atoms with van der Waals surface area (Å²) >= 11 is 0. The van der Waals surface area contributed by atoms with Crippen molar-refractivity contribution >= 4 is 18.3 Å². The van der Waals surface area contributed by atoms with Crippen LogP contribution in [0.5, 0.6) is 0 Å². The van der Waals surface area contributed by atoms with Crippen LogP contribution in [0.1, 0.15) is 43.1 Å². The molecular weight excluding hydrogens is 252 g/mol. The molecule has 0 radical (unpaired) electrons. The maximum Gasteiger partial charge on any atom is 0.269 e. The van der Waals surface area contributed by atoms with Crippen molar-refractivity contribution in [1.29, 1.82) is 0 Å². The normalized spacial score (nSPS) is 22.6. The predicted molar refractivity (Wildman–Crippen MR) is 72.8 cm³/mol. The lowest BCUT2D eigenvalue weighted by Gasteiger charge is -2.13. The van der Waals surface area contributed by atoms with Gasteiger partial charge in [0.05, 0.1) is 0 Å². The van der Waals surface area contributed by atoms with E-state index in [0.29, 0.717) is 5.69 Å². The maximum atomic E-state index is 12.1. The molecule has 1 saturated carbocycles. The van der Waals surface area contributed by atoms with Crippen LogP contribution in [-0.4, -0.2) is 27.8 Å². The molecule has 1 aromatic rings. The highest BCUT2D eigenvalue weighted by molar-refractivity contribution is 5.92. The lowest BCUT2D eigenvalue weighted by Crippen LogP contribution is -2.35. The molecule has 2 atom stereocenters. The van der Waals surface area contributed by atoms with Crippen LogP contribution >= 0.6 is 12.4 Å². The third kappa shape index (κ3) is 3.46. The molecule has 1 fully saturated rings. The third-order valence-electron chi connectivity index (χ3n) is 3.19. The van der Waals surface area contributed by atoms with Crippen LogP contribution in [0.25, 0.3) is 0 Å². The van der Waals surface area contributed by atoms with Crippen LogP contribution < -0.4 is 11.1 Å². The summed E-state index contributed by atoms with van der Waals surface area (Å²) in [5.74, 6) is -0.0324. The summed E-state index contributed by atoms with van der Waals surface area (Å²) in [6, 6.07) is 2.23. The zero-order valence-corrected chi connectivity index (χ0v) is 11.4. The number of rotatable bonds is 4. The molecular formula is C12H21ClN4O. The summed E-state index contributed by atoms with van der Waals surface area (Å²) in [7, 11) is 0. The van der Waals surface area contributed by atoms with E-state index in [4.69, 9.17) is 5.73 Å². The number of aromatic nitrogens is 2. The van der Waals surface area contributed by atoms with Gasteiger partial charge in [-0.1, -0.05) is 6.92 Å². The molecule has 0 aliphatic heterocycles. The largest absolute Gasteiger partial charge is 0.348 e. The first-order valence-corrected chi connectivity index (χ1v) is 6.29. The molecule has 1 amide bonds. The predicted octanol–water partition coefficient (Wildman–Crippen LogP) is 1.32. The average Bonchev–Trinajstić information content (AvgIpc) is 2.88. The summed E-state index contributed by atoms with van der Waals surface area (Å²) in [6.45, 7) is 2.85. The topological polar surface area (TPSA) is 72.9 Å². The van der Waals surface area contributed by atoms with E-state index in [1.54, 1.807) is 16.9 Å². The number of nitrogens with one attached hydrogen (secondary N) is 1. The summed E-state index contributed by atoms with van der Waals surface area (Å²) in [5.41, 5.74) is 6.47. The Kier molecular flexibility index (Phi) is 5.62. The van der Waals surface area contributed by atoms with Crippen LogP contribution in [-0.2, 0) is 6.54 Å². The Labute approximate surface area is 114 Å². The number of carbonyl (C=O) groups is 1. The fourth-order valence-corrected chi connectivity index (χ4v) is 2.32. The highest BCUT2D eigenvalue weighted by Gasteiger charge is 2.24. The number of nitrogens with zero attached hydrogens (tertiary/aromatic N) is 2. The number of halogens is 1. The minimum Gasteiger partial charge on any atom is -0.348 e. The number of carbonyl (C=O) groups excluding carboxylic acids is 1. The fourth-order valence-electron chi connectivity index (χ4n) is 2.32. The van der Waals surface area contributed by atoms with Gasteiger partial charge in [-0.05, 0) is 31.7 Å². The van der Waals surface area contributed by atoms with Crippen LogP contribution in [0.3, 0.4) is 0 Å². The summed E-state index contributed by atoms with van der Waals surface area (Å²) in [5, 5.41) is 7.18. The maximum absolute atomic E-state index is 12.1. The van der Waals surface area contributed by atoms with Crippen LogP contribution in [0.15, 0.2) is 12.3 Å². The van der Waals surface area contributed by atoms with E-state index in [-0.39, 0.29) is 30.4 Å². The van der Waals surface area contributed by atoms with Gasteiger partial charge in [0.15, 0.2) is 0 Å². The van der Waals surface area contributed by atoms with Crippen LogP contribution in [0.2, 0.25) is 0 Å². The van der Waals surface area contributed by atoms with Gasteiger partial charge >= 0.3 is 0 Å². The zero-order valence-electron chi connectivity index (χ0n) is 10.6. The van der Waals surface area contributed by atoms with Gasteiger partial charge in [-0.2, -0.15) is 5.10 Å². The Hall–Kier alpha value is -1.07. The van der Waals surface area contributed by atoms with Gasteiger partial charge in [0.1, 0.15) is 5.69 Å². The second kappa shape index (κ2) is 6.75. The Morgan fingerprint density at radius 3 is 3.00 bits per heavy atom. The monoisotopic (exact) mass is 272 g/mol. The Morgan fingerprint density at radius 1 is 1.61 bits per heavy atom. The molecule has 1 aliphatic rings. The van der Waals surface area contributed by atoms with Crippen molar-refractivity contribution in [2.24, 2.45) is 5.73 Å². The third-order valence-corrected chi connectivity index (χ3v) is 3.19. The molecule has 6 heteroatoms. The average molecular weight is 273 g/mol. The minimum absolute atomic E-state index is 0. The summed E-state index contributed by atoms with van der Waals surface area (Å²) in [6.07, 6.45) is 5.50. The van der Waals surface area contributed by atoms with Crippen molar-refractivity contribution in [2.75, 3.05) is 0 Å². The van der Waals surface area contributed by atoms with E-state index in [0.717, 1.165) is 32.2 Å². The highest BCUT2D eigenvalue weighted by atomic mass is 35.5. The molecule has 1 aliphatic carbocycles. The minimum atomic E-state index is -0.0324. The standard InChI is InChI=1S/C12H20N4O.ClH/c1-2-7-16-11(5-6-14-16)12(17)15-10-4-3-9(13)8-10;/h5-6,9-10H,2-4,7-8,13H2,1H3,(H,15,17);1H/t9-,10-;/m1./s1. The van der Waals surface area contributed by atoms with E-state index in [2.05, 4.69) is 17.3 Å². The molecule has 1 aromatic heterocycles. The molecule has 5 nitrogen and oxygen atoms in total. The van der Waals surface area contributed by atoms with Crippen molar-refractivity contribution in [3.8, 4) is 0 Å². The van der Waals surface area contributed by atoms with Crippen molar-refractivity contribution in [2.45, 2.75) is 51.2 Å². The first-order valence-electron chi connectivity index (χ1n) is 6.29. The second-order valence-electron chi connectivity index (χ2n) is 4.68. The lowest BCUT2D eigenvalue weighted by molar-refractivity contribution is 0.0926. The summed E-state index contributed by atoms with van der Waals surface area (Å²) < 4.78 is 1.75. The molecule has 0 aromatic carbocycles.